The molecule has 4 heteroatoms. The molecule has 0 saturated heterocycles. The summed E-state index contributed by atoms with van der Waals surface area (Å²) in [6.45, 7) is 4.16. The normalized spacial score (nSPS) is 10.6. The molecular formula is C12H17FN2O. The monoisotopic (exact) mass is 224 g/mol. The standard InChI is InChI=1S/C12H17FN2O/c1-8(2)5-12(16)15-11-4-3-9(7-14)6-10(11)13/h3-4,6,8H,5,7,14H2,1-2H3,(H,15,16). The summed E-state index contributed by atoms with van der Waals surface area (Å²) >= 11 is 0. The SMILES string of the molecule is CC(C)CC(=O)Nc1ccc(CN)cc1F. The predicted octanol–water partition coefficient (Wildman–Crippen LogP) is 2.27. The van der Waals surface area contributed by atoms with Gasteiger partial charge in [-0.15, -0.1) is 0 Å². The molecule has 3 N–H and O–H groups in total. The van der Waals surface area contributed by atoms with Crippen molar-refractivity contribution < 1.29 is 9.18 Å². The van der Waals surface area contributed by atoms with Crippen molar-refractivity contribution in [1.29, 1.82) is 0 Å². The Morgan fingerprint density at radius 3 is 2.69 bits per heavy atom. The number of amides is 1. The maximum atomic E-state index is 13.5. The molecule has 1 aromatic carbocycles. The lowest BCUT2D eigenvalue weighted by Gasteiger charge is -2.08. The predicted molar refractivity (Wildman–Crippen MR) is 62.4 cm³/mol. The van der Waals surface area contributed by atoms with Gasteiger partial charge in [0.2, 0.25) is 5.91 Å². The number of nitrogens with one attached hydrogen (secondary N) is 1. The molecule has 0 atom stereocenters. The molecule has 0 fully saturated rings. The van der Waals surface area contributed by atoms with Gasteiger partial charge in [0.1, 0.15) is 5.82 Å². The van der Waals surface area contributed by atoms with Crippen LogP contribution in [0.4, 0.5) is 10.1 Å². The van der Waals surface area contributed by atoms with Gasteiger partial charge in [-0.1, -0.05) is 19.9 Å². The van der Waals surface area contributed by atoms with Gasteiger partial charge in [-0.2, -0.15) is 0 Å². The molecule has 88 valence electrons. The minimum Gasteiger partial charge on any atom is -0.326 e. The van der Waals surface area contributed by atoms with Gasteiger partial charge in [0.25, 0.3) is 0 Å². The van der Waals surface area contributed by atoms with E-state index < -0.39 is 5.82 Å². The average molecular weight is 224 g/mol. The summed E-state index contributed by atoms with van der Waals surface area (Å²) in [7, 11) is 0. The molecule has 0 aromatic heterocycles. The highest BCUT2D eigenvalue weighted by atomic mass is 19.1. The Morgan fingerprint density at radius 1 is 1.50 bits per heavy atom. The van der Waals surface area contributed by atoms with Crippen molar-refractivity contribution in [2.45, 2.75) is 26.8 Å². The second-order valence-corrected chi connectivity index (χ2v) is 4.16. The smallest absolute Gasteiger partial charge is 0.224 e. The molecule has 0 aliphatic rings. The van der Waals surface area contributed by atoms with Crippen molar-refractivity contribution in [3.63, 3.8) is 0 Å². The number of rotatable bonds is 4. The molecule has 1 aromatic rings. The van der Waals surface area contributed by atoms with Gasteiger partial charge in [0.15, 0.2) is 0 Å². The van der Waals surface area contributed by atoms with Gasteiger partial charge in [0, 0.05) is 13.0 Å². The molecule has 0 radical (unpaired) electrons. The Hall–Kier alpha value is -1.42. The average Bonchev–Trinajstić information content (AvgIpc) is 2.19. The third-order valence-corrected chi connectivity index (χ3v) is 2.14. The summed E-state index contributed by atoms with van der Waals surface area (Å²) in [5.74, 6) is -0.360. The van der Waals surface area contributed by atoms with Crippen LogP contribution in [0.25, 0.3) is 0 Å². The summed E-state index contributed by atoms with van der Waals surface area (Å²) in [6, 6.07) is 4.58. The van der Waals surface area contributed by atoms with Gasteiger partial charge in [0.05, 0.1) is 5.69 Å². The Bertz CT molecular complexity index is 377. The lowest BCUT2D eigenvalue weighted by atomic mass is 10.1. The summed E-state index contributed by atoms with van der Waals surface area (Å²) in [6.07, 6.45) is 0.387. The van der Waals surface area contributed by atoms with Crippen LogP contribution in [-0.2, 0) is 11.3 Å². The van der Waals surface area contributed by atoms with E-state index in [1.807, 2.05) is 13.8 Å². The minimum atomic E-state index is -0.444. The first kappa shape index (κ1) is 12.6. The van der Waals surface area contributed by atoms with E-state index in [1.165, 1.54) is 12.1 Å². The van der Waals surface area contributed by atoms with E-state index >= 15 is 0 Å². The quantitative estimate of drug-likeness (QED) is 0.824. The van der Waals surface area contributed by atoms with Crippen molar-refractivity contribution in [1.82, 2.24) is 0 Å². The molecule has 0 saturated carbocycles. The molecule has 0 heterocycles. The Balaban J connectivity index is 2.70. The van der Waals surface area contributed by atoms with Crippen molar-refractivity contribution in [3.8, 4) is 0 Å². The van der Waals surface area contributed by atoms with E-state index in [0.717, 1.165) is 0 Å². The summed E-state index contributed by atoms with van der Waals surface area (Å²) in [5, 5.41) is 2.54. The highest BCUT2D eigenvalue weighted by Crippen LogP contribution is 2.16. The zero-order valence-corrected chi connectivity index (χ0v) is 9.59. The molecule has 0 aliphatic heterocycles. The summed E-state index contributed by atoms with van der Waals surface area (Å²) < 4.78 is 13.5. The number of benzene rings is 1. The van der Waals surface area contributed by atoms with Crippen LogP contribution < -0.4 is 11.1 Å². The molecule has 0 aliphatic carbocycles. The molecule has 16 heavy (non-hydrogen) atoms. The number of carbonyl (C=O) groups is 1. The fourth-order valence-corrected chi connectivity index (χ4v) is 1.36. The van der Waals surface area contributed by atoms with E-state index in [4.69, 9.17) is 5.73 Å². The number of anilines is 1. The van der Waals surface area contributed by atoms with Crippen LogP contribution in [0.1, 0.15) is 25.8 Å². The second-order valence-electron chi connectivity index (χ2n) is 4.16. The molecule has 0 unspecified atom stereocenters. The largest absolute Gasteiger partial charge is 0.326 e. The first-order chi connectivity index (χ1) is 7.52. The van der Waals surface area contributed by atoms with Crippen LogP contribution >= 0.6 is 0 Å². The highest BCUT2D eigenvalue weighted by Gasteiger charge is 2.08. The summed E-state index contributed by atoms with van der Waals surface area (Å²) in [5.41, 5.74) is 6.30. The van der Waals surface area contributed by atoms with E-state index in [-0.39, 0.29) is 24.1 Å². The van der Waals surface area contributed by atoms with E-state index in [9.17, 15) is 9.18 Å². The van der Waals surface area contributed by atoms with Crippen molar-refractivity contribution in [2.75, 3.05) is 5.32 Å². The van der Waals surface area contributed by atoms with Crippen molar-refractivity contribution in [3.05, 3.63) is 29.6 Å². The fraction of sp³-hybridized carbons (Fsp3) is 0.417. The molecule has 3 nitrogen and oxygen atoms in total. The maximum Gasteiger partial charge on any atom is 0.224 e. The minimum absolute atomic E-state index is 0.172. The lowest BCUT2D eigenvalue weighted by Crippen LogP contribution is -2.15. The van der Waals surface area contributed by atoms with Crippen LogP contribution in [0.2, 0.25) is 0 Å². The Kier molecular flexibility index (Phi) is 4.43. The van der Waals surface area contributed by atoms with E-state index in [1.54, 1.807) is 6.07 Å². The van der Waals surface area contributed by atoms with Gasteiger partial charge in [-0.3, -0.25) is 4.79 Å². The number of carbonyl (C=O) groups excluding carboxylic acids is 1. The number of hydrogen-bond donors (Lipinski definition) is 2. The van der Waals surface area contributed by atoms with Gasteiger partial charge >= 0.3 is 0 Å². The van der Waals surface area contributed by atoms with Crippen LogP contribution in [0, 0.1) is 11.7 Å². The Morgan fingerprint density at radius 2 is 2.19 bits per heavy atom. The molecule has 1 amide bonds. The highest BCUT2D eigenvalue weighted by molar-refractivity contribution is 5.90. The molecule has 0 bridgehead atoms. The fourth-order valence-electron chi connectivity index (χ4n) is 1.36. The number of nitrogens with two attached hydrogens (primary N) is 1. The molecule has 1 rings (SSSR count). The molecular weight excluding hydrogens is 207 g/mol. The van der Waals surface area contributed by atoms with Crippen LogP contribution in [0.5, 0.6) is 0 Å². The second kappa shape index (κ2) is 5.61. The lowest BCUT2D eigenvalue weighted by molar-refractivity contribution is -0.116. The van der Waals surface area contributed by atoms with Crippen LogP contribution in [0.3, 0.4) is 0 Å². The number of halogens is 1. The maximum absolute atomic E-state index is 13.5. The number of hydrogen-bond acceptors (Lipinski definition) is 2. The van der Waals surface area contributed by atoms with Gasteiger partial charge in [-0.25, -0.2) is 4.39 Å². The zero-order valence-electron chi connectivity index (χ0n) is 9.59. The van der Waals surface area contributed by atoms with Crippen LogP contribution in [0.15, 0.2) is 18.2 Å². The van der Waals surface area contributed by atoms with Crippen molar-refractivity contribution in [2.24, 2.45) is 11.7 Å². The Labute approximate surface area is 94.8 Å². The molecule has 0 spiro atoms. The third-order valence-electron chi connectivity index (χ3n) is 2.14. The topological polar surface area (TPSA) is 55.1 Å². The van der Waals surface area contributed by atoms with Gasteiger partial charge < -0.3 is 11.1 Å². The van der Waals surface area contributed by atoms with E-state index in [0.29, 0.717) is 12.0 Å². The zero-order chi connectivity index (χ0) is 12.1. The third kappa shape index (κ3) is 3.62. The summed E-state index contributed by atoms with van der Waals surface area (Å²) in [4.78, 5) is 11.4. The van der Waals surface area contributed by atoms with Crippen molar-refractivity contribution >= 4 is 11.6 Å². The first-order valence-electron chi connectivity index (χ1n) is 5.31. The van der Waals surface area contributed by atoms with Gasteiger partial charge in [-0.05, 0) is 23.6 Å². The first-order valence-corrected chi connectivity index (χ1v) is 5.31. The van der Waals surface area contributed by atoms with Crippen LogP contribution in [-0.4, -0.2) is 5.91 Å². The van der Waals surface area contributed by atoms with E-state index in [2.05, 4.69) is 5.32 Å².